The number of hydrogen-bond acceptors (Lipinski definition) is 5. The summed E-state index contributed by atoms with van der Waals surface area (Å²) >= 11 is 5.26. The highest BCUT2D eigenvalue weighted by molar-refractivity contribution is 7.80. The molecule has 0 radical (unpaired) electrons. The zero-order chi connectivity index (χ0) is 17.7. The van der Waals surface area contributed by atoms with Gasteiger partial charge in [0.25, 0.3) is 5.91 Å². The van der Waals surface area contributed by atoms with Crippen LogP contribution in [0.15, 0.2) is 24.3 Å². The highest BCUT2D eigenvalue weighted by Crippen LogP contribution is 2.11. The zero-order valence-electron chi connectivity index (χ0n) is 13.5. The van der Waals surface area contributed by atoms with Crippen molar-refractivity contribution in [1.82, 2.24) is 15.5 Å². The Balaban J connectivity index is 2.09. The molecule has 1 fully saturated rings. The number of piperazine rings is 1. The van der Waals surface area contributed by atoms with Gasteiger partial charge in [-0.3, -0.25) is 19.7 Å². The maximum atomic E-state index is 12.3. The molecule has 1 aromatic rings. The minimum atomic E-state index is -0.795. The maximum absolute atomic E-state index is 12.3. The molecule has 128 valence electrons. The fourth-order valence-corrected chi connectivity index (χ4v) is 2.74. The summed E-state index contributed by atoms with van der Waals surface area (Å²) in [7, 11) is 1.26. The molecular formula is C16H19N3O4S. The molecule has 8 heteroatoms. The lowest BCUT2D eigenvalue weighted by Crippen LogP contribution is -2.60. The van der Waals surface area contributed by atoms with E-state index in [4.69, 9.17) is 12.2 Å². The van der Waals surface area contributed by atoms with Crippen molar-refractivity contribution < 1.29 is 19.1 Å². The average Bonchev–Trinajstić information content (AvgIpc) is 2.56. The van der Waals surface area contributed by atoms with E-state index in [9.17, 15) is 14.4 Å². The number of thiocarbonyl (C=S) groups is 1. The van der Waals surface area contributed by atoms with E-state index in [2.05, 4.69) is 15.4 Å². The Hall–Kier alpha value is -2.48. The number of rotatable bonds is 3. The fourth-order valence-electron chi connectivity index (χ4n) is 2.43. The van der Waals surface area contributed by atoms with Gasteiger partial charge in [-0.15, -0.1) is 0 Å². The van der Waals surface area contributed by atoms with Gasteiger partial charge in [0.05, 0.1) is 13.5 Å². The Labute approximate surface area is 145 Å². The second kappa shape index (κ2) is 7.87. The number of hydrogen-bond donors (Lipinski definition) is 2. The van der Waals surface area contributed by atoms with Crippen LogP contribution in [-0.2, 0) is 14.3 Å². The van der Waals surface area contributed by atoms with E-state index in [0.717, 1.165) is 5.56 Å². The lowest BCUT2D eigenvalue weighted by atomic mass is 10.1. The number of aryl methyl sites for hydroxylation is 1. The summed E-state index contributed by atoms with van der Waals surface area (Å²) in [5.74, 6) is -1.19. The van der Waals surface area contributed by atoms with Crippen molar-refractivity contribution in [3.8, 4) is 0 Å². The molecule has 1 aliphatic rings. The van der Waals surface area contributed by atoms with Crippen molar-refractivity contribution >= 4 is 35.1 Å². The SMILES string of the molecule is COC(=O)CC1C(=O)NCCN1C(=S)NC(=O)c1cccc(C)c1. The van der Waals surface area contributed by atoms with Gasteiger partial charge in [0.1, 0.15) is 6.04 Å². The number of carbonyl (C=O) groups is 3. The third kappa shape index (κ3) is 4.29. The Bertz CT molecular complexity index is 677. The lowest BCUT2D eigenvalue weighted by molar-refractivity contribution is -0.144. The highest BCUT2D eigenvalue weighted by Gasteiger charge is 2.34. The molecule has 0 aromatic heterocycles. The number of nitrogens with zero attached hydrogens (tertiary/aromatic N) is 1. The first-order chi connectivity index (χ1) is 11.4. The predicted octanol–water partition coefficient (Wildman–Crippen LogP) is 0.373. The monoisotopic (exact) mass is 349 g/mol. The average molecular weight is 349 g/mol. The molecule has 0 spiro atoms. The summed E-state index contributed by atoms with van der Waals surface area (Å²) in [5, 5.41) is 5.42. The molecule has 2 amide bonds. The number of benzene rings is 1. The van der Waals surface area contributed by atoms with Crippen molar-refractivity contribution in [3.63, 3.8) is 0 Å². The number of amides is 2. The van der Waals surface area contributed by atoms with Crippen LogP contribution in [0.2, 0.25) is 0 Å². The van der Waals surface area contributed by atoms with Crippen molar-refractivity contribution in [1.29, 1.82) is 0 Å². The van der Waals surface area contributed by atoms with Crippen molar-refractivity contribution in [2.75, 3.05) is 20.2 Å². The van der Waals surface area contributed by atoms with Gasteiger partial charge in [-0.05, 0) is 31.3 Å². The van der Waals surface area contributed by atoms with Crippen molar-refractivity contribution in [2.45, 2.75) is 19.4 Å². The van der Waals surface area contributed by atoms with Crippen LogP contribution in [0.4, 0.5) is 0 Å². The van der Waals surface area contributed by atoms with E-state index in [1.54, 1.807) is 23.1 Å². The Morgan fingerprint density at radius 1 is 1.46 bits per heavy atom. The predicted molar refractivity (Wildman–Crippen MR) is 91.4 cm³/mol. The van der Waals surface area contributed by atoms with E-state index in [0.29, 0.717) is 18.7 Å². The molecule has 2 rings (SSSR count). The summed E-state index contributed by atoms with van der Waals surface area (Å²) in [4.78, 5) is 37.4. The third-order valence-corrected chi connectivity index (χ3v) is 4.02. The standard InChI is InChI=1S/C16H19N3O4S/c1-10-4-3-5-11(8-10)14(21)18-16(24)19-7-6-17-15(22)12(19)9-13(20)23-2/h3-5,8,12H,6-7,9H2,1-2H3,(H,17,22)(H,18,21,24). The number of carbonyl (C=O) groups excluding carboxylic acids is 3. The lowest BCUT2D eigenvalue weighted by Gasteiger charge is -2.36. The minimum absolute atomic E-state index is 0.116. The molecule has 24 heavy (non-hydrogen) atoms. The van der Waals surface area contributed by atoms with Gasteiger partial charge < -0.3 is 15.0 Å². The molecular weight excluding hydrogens is 330 g/mol. The second-order valence-electron chi connectivity index (χ2n) is 5.41. The first-order valence-electron chi connectivity index (χ1n) is 7.45. The first-order valence-corrected chi connectivity index (χ1v) is 7.86. The van der Waals surface area contributed by atoms with Crippen LogP contribution in [0.3, 0.4) is 0 Å². The van der Waals surface area contributed by atoms with Crippen molar-refractivity contribution in [2.24, 2.45) is 0 Å². The van der Waals surface area contributed by atoms with Crippen LogP contribution in [0, 0.1) is 6.92 Å². The molecule has 7 nitrogen and oxygen atoms in total. The van der Waals surface area contributed by atoms with Crippen LogP contribution < -0.4 is 10.6 Å². The summed E-state index contributed by atoms with van der Waals surface area (Å²) in [5.41, 5.74) is 1.43. The number of ether oxygens (including phenoxy) is 1. The van der Waals surface area contributed by atoms with Gasteiger partial charge in [-0.2, -0.15) is 0 Å². The molecule has 1 heterocycles. The molecule has 1 aromatic carbocycles. The summed E-state index contributed by atoms with van der Waals surface area (Å²) in [6, 6.07) is 6.29. The topological polar surface area (TPSA) is 87.7 Å². The van der Waals surface area contributed by atoms with E-state index in [1.807, 2.05) is 13.0 Å². The number of methoxy groups -OCH3 is 1. The number of nitrogens with one attached hydrogen (secondary N) is 2. The van der Waals surface area contributed by atoms with Crippen LogP contribution in [-0.4, -0.2) is 54.0 Å². The molecule has 0 bridgehead atoms. The van der Waals surface area contributed by atoms with Crippen LogP contribution in [0.25, 0.3) is 0 Å². The second-order valence-corrected chi connectivity index (χ2v) is 5.80. The van der Waals surface area contributed by atoms with E-state index in [-0.39, 0.29) is 23.3 Å². The van der Waals surface area contributed by atoms with E-state index < -0.39 is 12.0 Å². The molecule has 0 aliphatic carbocycles. The van der Waals surface area contributed by atoms with Gasteiger partial charge in [0, 0.05) is 18.7 Å². The smallest absolute Gasteiger partial charge is 0.308 e. The van der Waals surface area contributed by atoms with Crippen molar-refractivity contribution in [3.05, 3.63) is 35.4 Å². The third-order valence-electron chi connectivity index (χ3n) is 3.68. The summed E-state index contributed by atoms with van der Waals surface area (Å²) < 4.78 is 4.62. The quantitative estimate of drug-likeness (QED) is 0.606. The largest absolute Gasteiger partial charge is 0.469 e. The van der Waals surface area contributed by atoms with Crippen LogP contribution in [0.5, 0.6) is 0 Å². The Morgan fingerprint density at radius 2 is 2.21 bits per heavy atom. The van der Waals surface area contributed by atoms with Gasteiger partial charge in [-0.25, -0.2) is 0 Å². The fraction of sp³-hybridized carbons (Fsp3) is 0.375. The van der Waals surface area contributed by atoms with E-state index >= 15 is 0 Å². The van der Waals surface area contributed by atoms with Gasteiger partial charge >= 0.3 is 5.97 Å². The molecule has 2 N–H and O–H groups in total. The Kier molecular flexibility index (Phi) is 5.86. The minimum Gasteiger partial charge on any atom is -0.469 e. The van der Waals surface area contributed by atoms with Gasteiger partial charge in [-0.1, -0.05) is 17.7 Å². The van der Waals surface area contributed by atoms with E-state index in [1.165, 1.54) is 7.11 Å². The number of esters is 1. The van der Waals surface area contributed by atoms with Gasteiger partial charge in [0.2, 0.25) is 5.91 Å². The van der Waals surface area contributed by atoms with Gasteiger partial charge in [0.15, 0.2) is 5.11 Å². The molecule has 1 unspecified atom stereocenters. The zero-order valence-corrected chi connectivity index (χ0v) is 14.3. The molecule has 0 saturated carbocycles. The summed E-state index contributed by atoms with van der Waals surface area (Å²) in [6.45, 7) is 2.67. The molecule has 1 atom stereocenters. The molecule has 1 aliphatic heterocycles. The summed E-state index contributed by atoms with van der Waals surface area (Å²) in [6.07, 6.45) is -0.136. The normalized spacial score (nSPS) is 17.0. The Morgan fingerprint density at radius 3 is 2.88 bits per heavy atom. The first kappa shape index (κ1) is 17.9. The highest BCUT2D eigenvalue weighted by atomic mass is 32.1. The van der Waals surface area contributed by atoms with Crippen LogP contribution >= 0.6 is 12.2 Å². The van der Waals surface area contributed by atoms with Crippen LogP contribution in [0.1, 0.15) is 22.3 Å². The maximum Gasteiger partial charge on any atom is 0.308 e. The molecule has 1 saturated heterocycles.